The Balaban J connectivity index is 0.00000162. The van der Waals surface area contributed by atoms with Crippen molar-refractivity contribution in [1.82, 2.24) is 4.98 Å². The molecule has 18 heavy (non-hydrogen) atoms. The number of hydrogen-bond acceptors (Lipinski definition) is 2. The molecule has 2 aromatic rings. The first-order chi connectivity index (χ1) is 8.17. The van der Waals surface area contributed by atoms with E-state index in [4.69, 9.17) is 5.73 Å². The largest absolute Gasteiger partial charge is 0.361 e. The second kappa shape index (κ2) is 6.03. The molecule has 1 heterocycles. The predicted molar refractivity (Wildman–Crippen MR) is 77.6 cm³/mol. The van der Waals surface area contributed by atoms with Gasteiger partial charge in [-0.25, -0.2) is 0 Å². The number of rotatable bonds is 4. The third-order valence-corrected chi connectivity index (χ3v) is 3.24. The van der Waals surface area contributed by atoms with Gasteiger partial charge in [0.15, 0.2) is 5.78 Å². The first kappa shape index (κ1) is 14.7. The first-order valence-electron chi connectivity index (χ1n) is 6.01. The van der Waals surface area contributed by atoms with E-state index >= 15 is 0 Å². The molecule has 0 aliphatic heterocycles. The van der Waals surface area contributed by atoms with Gasteiger partial charge in [-0.05, 0) is 36.2 Å². The van der Waals surface area contributed by atoms with E-state index in [0.29, 0.717) is 18.9 Å². The van der Waals surface area contributed by atoms with E-state index in [1.54, 1.807) is 0 Å². The van der Waals surface area contributed by atoms with Gasteiger partial charge in [-0.1, -0.05) is 13.8 Å². The maximum absolute atomic E-state index is 11.7. The fourth-order valence-corrected chi connectivity index (χ4v) is 2.05. The molecule has 3 N–H and O–H groups in total. The number of aromatic nitrogens is 1. The minimum atomic E-state index is 0. The smallest absolute Gasteiger partial charge is 0.162 e. The Hall–Kier alpha value is -1.32. The van der Waals surface area contributed by atoms with Crippen LogP contribution in [-0.4, -0.2) is 17.3 Å². The normalized spacial score (nSPS) is 12.2. The van der Waals surface area contributed by atoms with E-state index in [1.807, 2.05) is 31.3 Å². The quantitative estimate of drug-likeness (QED) is 0.835. The molecule has 1 atom stereocenters. The lowest BCUT2D eigenvalue weighted by Crippen LogP contribution is -2.08. The number of benzene rings is 1. The Kier molecular flexibility index (Phi) is 4.93. The third-order valence-electron chi connectivity index (χ3n) is 3.24. The van der Waals surface area contributed by atoms with E-state index in [-0.39, 0.29) is 18.2 Å². The van der Waals surface area contributed by atoms with Gasteiger partial charge in [0.05, 0.1) is 0 Å². The summed E-state index contributed by atoms with van der Waals surface area (Å²) >= 11 is 0. The van der Waals surface area contributed by atoms with Crippen LogP contribution in [0.15, 0.2) is 24.4 Å². The van der Waals surface area contributed by atoms with Crippen LogP contribution in [0.2, 0.25) is 0 Å². The molecule has 0 saturated heterocycles. The van der Waals surface area contributed by atoms with Crippen molar-refractivity contribution in [2.45, 2.75) is 26.2 Å². The molecule has 0 saturated carbocycles. The summed E-state index contributed by atoms with van der Waals surface area (Å²) in [5, 5.41) is 1.11. The molecule has 0 spiro atoms. The third kappa shape index (κ3) is 2.57. The number of nitrogens with one attached hydrogen (secondary N) is 1. The lowest BCUT2D eigenvalue weighted by molar-refractivity contribution is 0.0988. The van der Waals surface area contributed by atoms with Gasteiger partial charge in [0.2, 0.25) is 0 Å². The number of fused-ring (bicyclic) bond motifs is 1. The molecule has 0 fully saturated rings. The molecule has 0 aliphatic carbocycles. The number of aromatic amines is 1. The van der Waals surface area contributed by atoms with Gasteiger partial charge in [-0.15, -0.1) is 12.4 Å². The van der Waals surface area contributed by atoms with Crippen LogP contribution in [0.4, 0.5) is 0 Å². The lowest BCUT2D eigenvalue weighted by atomic mass is 9.98. The van der Waals surface area contributed by atoms with Gasteiger partial charge < -0.3 is 10.7 Å². The fraction of sp³-hybridized carbons (Fsp3) is 0.357. The predicted octanol–water partition coefficient (Wildman–Crippen LogP) is 3.24. The molecule has 4 heteroatoms. The fourth-order valence-electron chi connectivity index (χ4n) is 2.05. The van der Waals surface area contributed by atoms with Crippen molar-refractivity contribution in [3.8, 4) is 0 Å². The number of ketones is 1. The maximum atomic E-state index is 11.7. The van der Waals surface area contributed by atoms with Crippen molar-refractivity contribution in [2.75, 3.05) is 6.54 Å². The molecule has 1 aromatic heterocycles. The van der Waals surface area contributed by atoms with Crippen LogP contribution < -0.4 is 5.73 Å². The van der Waals surface area contributed by atoms with Crippen molar-refractivity contribution in [3.63, 3.8) is 0 Å². The van der Waals surface area contributed by atoms with E-state index in [2.05, 4.69) is 11.9 Å². The SMILES string of the molecule is CCC(=O)c1ccc2[nH]cc(C(C)CN)c2c1.Cl. The summed E-state index contributed by atoms with van der Waals surface area (Å²) in [5.74, 6) is 0.482. The standard InChI is InChI=1S/C14H18N2O.ClH/c1-3-14(17)10-4-5-13-11(6-10)12(8-16-13)9(2)7-15;/h4-6,8-9,16H,3,7,15H2,1-2H3;1H. The van der Waals surface area contributed by atoms with Crippen LogP contribution >= 0.6 is 12.4 Å². The summed E-state index contributed by atoms with van der Waals surface area (Å²) in [7, 11) is 0. The lowest BCUT2D eigenvalue weighted by Gasteiger charge is -2.07. The zero-order valence-electron chi connectivity index (χ0n) is 10.7. The molecule has 2 rings (SSSR count). The number of nitrogens with two attached hydrogens (primary N) is 1. The van der Waals surface area contributed by atoms with Crippen molar-refractivity contribution in [1.29, 1.82) is 0 Å². The highest BCUT2D eigenvalue weighted by molar-refractivity contribution is 6.00. The summed E-state index contributed by atoms with van der Waals surface area (Å²) < 4.78 is 0. The summed E-state index contributed by atoms with van der Waals surface area (Å²) in [6.45, 7) is 4.59. The Bertz CT molecular complexity index is 548. The highest BCUT2D eigenvalue weighted by atomic mass is 35.5. The van der Waals surface area contributed by atoms with Crippen molar-refractivity contribution in [2.24, 2.45) is 5.73 Å². The number of Topliss-reactive ketones (excluding diaryl/α,β-unsaturated/α-hetero) is 1. The van der Waals surface area contributed by atoms with Gasteiger partial charge in [0.25, 0.3) is 0 Å². The average Bonchev–Trinajstić information content (AvgIpc) is 2.79. The maximum Gasteiger partial charge on any atom is 0.162 e. The monoisotopic (exact) mass is 266 g/mol. The summed E-state index contributed by atoms with van der Waals surface area (Å²) in [5.41, 5.74) is 8.73. The average molecular weight is 267 g/mol. The Labute approximate surface area is 113 Å². The minimum Gasteiger partial charge on any atom is -0.361 e. The van der Waals surface area contributed by atoms with Crippen LogP contribution in [0.25, 0.3) is 10.9 Å². The van der Waals surface area contributed by atoms with Crippen molar-refractivity contribution in [3.05, 3.63) is 35.5 Å². The molecular weight excluding hydrogens is 248 g/mol. The summed E-state index contributed by atoms with van der Waals surface area (Å²) in [6, 6.07) is 5.81. The summed E-state index contributed by atoms with van der Waals surface area (Å²) in [6.07, 6.45) is 2.53. The van der Waals surface area contributed by atoms with E-state index in [1.165, 1.54) is 5.56 Å². The van der Waals surface area contributed by atoms with Crippen LogP contribution in [-0.2, 0) is 0 Å². The van der Waals surface area contributed by atoms with Gasteiger partial charge in [0.1, 0.15) is 0 Å². The zero-order chi connectivity index (χ0) is 12.4. The number of carbonyl (C=O) groups excluding carboxylic acids is 1. The molecule has 0 radical (unpaired) electrons. The van der Waals surface area contributed by atoms with Gasteiger partial charge in [-0.3, -0.25) is 4.79 Å². The Morgan fingerprint density at radius 3 is 2.78 bits per heavy atom. The van der Waals surface area contributed by atoms with Gasteiger partial charge >= 0.3 is 0 Å². The Morgan fingerprint density at radius 2 is 2.17 bits per heavy atom. The topological polar surface area (TPSA) is 58.9 Å². The van der Waals surface area contributed by atoms with Crippen LogP contribution in [0.5, 0.6) is 0 Å². The first-order valence-corrected chi connectivity index (χ1v) is 6.01. The highest BCUT2D eigenvalue weighted by Crippen LogP contribution is 2.26. The van der Waals surface area contributed by atoms with Crippen LogP contribution in [0.1, 0.15) is 42.1 Å². The van der Waals surface area contributed by atoms with Crippen LogP contribution in [0.3, 0.4) is 0 Å². The van der Waals surface area contributed by atoms with Crippen LogP contribution in [0, 0.1) is 0 Å². The molecule has 1 unspecified atom stereocenters. The second-order valence-electron chi connectivity index (χ2n) is 4.42. The second-order valence-corrected chi connectivity index (χ2v) is 4.42. The number of hydrogen-bond donors (Lipinski definition) is 2. The molecule has 3 nitrogen and oxygen atoms in total. The Morgan fingerprint density at radius 1 is 1.44 bits per heavy atom. The summed E-state index contributed by atoms with van der Waals surface area (Å²) in [4.78, 5) is 14.9. The van der Waals surface area contributed by atoms with Gasteiger partial charge in [-0.2, -0.15) is 0 Å². The number of carbonyl (C=O) groups is 1. The zero-order valence-corrected chi connectivity index (χ0v) is 11.5. The van der Waals surface area contributed by atoms with Crippen molar-refractivity contribution < 1.29 is 4.79 Å². The molecule has 98 valence electrons. The minimum absolute atomic E-state index is 0. The van der Waals surface area contributed by atoms with E-state index < -0.39 is 0 Å². The van der Waals surface area contributed by atoms with Crippen molar-refractivity contribution >= 4 is 29.1 Å². The molecule has 0 aliphatic rings. The molecule has 1 aromatic carbocycles. The molecule has 0 bridgehead atoms. The molecule has 0 amide bonds. The molecular formula is C14H19ClN2O. The number of H-pyrrole nitrogens is 1. The van der Waals surface area contributed by atoms with E-state index in [0.717, 1.165) is 16.5 Å². The number of halogens is 1. The highest BCUT2D eigenvalue weighted by Gasteiger charge is 2.12. The van der Waals surface area contributed by atoms with E-state index in [9.17, 15) is 4.79 Å². The van der Waals surface area contributed by atoms with Gasteiger partial charge in [0, 0.05) is 29.1 Å².